The van der Waals surface area contributed by atoms with Gasteiger partial charge in [-0.15, -0.1) is 11.3 Å². The summed E-state index contributed by atoms with van der Waals surface area (Å²) in [5.41, 5.74) is 1.69. The quantitative estimate of drug-likeness (QED) is 0.586. The number of carbonyl (C=O) groups is 1. The van der Waals surface area contributed by atoms with E-state index in [4.69, 9.17) is 9.47 Å². The largest absolute Gasteiger partial charge is 0.494 e. The average Bonchev–Trinajstić information content (AvgIpc) is 3.11. The van der Waals surface area contributed by atoms with E-state index in [0.717, 1.165) is 23.3 Å². The lowest BCUT2D eigenvalue weighted by Crippen LogP contribution is -2.44. The van der Waals surface area contributed by atoms with Crippen LogP contribution in [0.4, 0.5) is 4.39 Å². The first-order valence-electron chi connectivity index (χ1n) is 10.3. The minimum Gasteiger partial charge on any atom is -0.494 e. The second-order valence-corrected chi connectivity index (χ2v) is 8.75. The Bertz CT molecular complexity index is 1040. The van der Waals surface area contributed by atoms with Crippen molar-refractivity contribution in [3.63, 3.8) is 0 Å². The van der Waals surface area contributed by atoms with Gasteiger partial charge in [-0.2, -0.15) is 0 Å². The van der Waals surface area contributed by atoms with Crippen molar-refractivity contribution in [2.45, 2.75) is 32.1 Å². The van der Waals surface area contributed by atoms with Crippen molar-refractivity contribution < 1.29 is 18.7 Å². The Labute approximate surface area is 180 Å². The number of hydrogen-bond donors (Lipinski definition) is 1. The van der Waals surface area contributed by atoms with E-state index in [2.05, 4.69) is 17.4 Å². The molecule has 0 spiro atoms. The third-order valence-corrected chi connectivity index (χ3v) is 7.18. The van der Waals surface area contributed by atoms with Crippen LogP contribution in [0, 0.1) is 12.7 Å². The summed E-state index contributed by atoms with van der Waals surface area (Å²) in [6.07, 6.45) is 1.67. The lowest BCUT2D eigenvalue weighted by Gasteiger charge is -2.38. The van der Waals surface area contributed by atoms with Crippen LogP contribution < -0.4 is 10.1 Å². The lowest BCUT2D eigenvalue weighted by atomic mass is 9.74. The van der Waals surface area contributed by atoms with E-state index in [1.807, 2.05) is 32.0 Å². The molecular formula is C24H26FNO3S. The first-order valence-corrected chi connectivity index (χ1v) is 11.1. The molecule has 6 heteroatoms. The van der Waals surface area contributed by atoms with Crippen molar-refractivity contribution >= 4 is 27.3 Å². The van der Waals surface area contributed by atoms with Crippen molar-refractivity contribution in [2.75, 3.05) is 26.4 Å². The number of aryl methyl sites for hydroxylation is 1. The van der Waals surface area contributed by atoms with Crippen molar-refractivity contribution in [3.8, 4) is 5.75 Å². The van der Waals surface area contributed by atoms with Crippen LogP contribution in [0.2, 0.25) is 0 Å². The maximum atomic E-state index is 14.2. The number of thiophene rings is 1. The molecule has 30 heavy (non-hydrogen) atoms. The first-order chi connectivity index (χ1) is 14.5. The molecule has 4 rings (SSSR count). The molecule has 1 aromatic heterocycles. The van der Waals surface area contributed by atoms with Crippen LogP contribution >= 0.6 is 11.3 Å². The van der Waals surface area contributed by atoms with E-state index in [9.17, 15) is 9.18 Å². The van der Waals surface area contributed by atoms with Crippen LogP contribution in [0.5, 0.6) is 5.75 Å². The van der Waals surface area contributed by atoms with Crippen molar-refractivity contribution in [2.24, 2.45) is 0 Å². The van der Waals surface area contributed by atoms with Gasteiger partial charge in [-0.05, 0) is 62.1 Å². The second-order valence-electron chi connectivity index (χ2n) is 7.70. The highest BCUT2D eigenvalue weighted by atomic mass is 32.1. The molecular weight excluding hydrogens is 401 g/mol. The highest BCUT2D eigenvalue weighted by Gasteiger charge is 2.35. The smallest absolute Gasteiger partial charge is 0.261 e. The summed E-state index contributed by atoms with van der Waals surface area (Å²) in [5.74, 6) is 0.413. The highest BCUT2D eigenvalue weighted by Crippen LogP contribution is 2.36. The summed E-state index contributed by atoms with van der Waals surface area (Å²) in [5, 5.41) is 3.67. The van der Waals surface area contributed by atoms with E-state index < -0.39 is 0 Å². The van der Waals surface area contributed by atoms with Gasteiger partial charge in [0.15, 0.2) is 0 Å². The van der Waals surface area contributed by atoms with Gasteiger partial charge in [-0.1, -0.05) is 18.2 Å². The minimum atomic E-state index is -0.282. The predicted molar refractivity (Wildman–Crippen MR) is 118 cm³/mol. The third kappa shape index (κ3) is 3.94. The summed E-state index contributed by atoms with van der Waals surface area (Å²) in [7, 11) is 0. The fraction of sp³-hybridized carbons (Fsp3) is 0.375. The Balaban J connectivity index is 1.56. The topological polar surface area (TPSA) is 47.6 Å². The molecule has 1 aliphatic heterocycles. The van der Waals surface area contributed by atoms with Crippen molar-refractivity contribution in [3.05, 3.63) is 64.3 Å². The Kier molecular flexibility index (Phi) is 6.06. The van der Waals surface area contributed by atoms with Gasteiger partial charge in [-0.3, -0.25) is 4.79 Å². The van der Waals surface area contributed by atoms with Crippen LogP contribution in [-0.4, -0.2) is 32.3 Å². The SMILES string of the molecule is CCOc1ccc(C2(CNC(=O)c3sc4cccc(F)c4c3C)CCOCC2)cc1. The van der Waals surface area contributed by atoms with Crippen LogP contribution in [-0.2, 0) is 10.2 Å². The van der Waals surface area contributed by atoms with Gasteiger partial charge >= 0.3 is 0 Å². The number of ether oxygens (including phenoxy) is 2. The Hall–Kier alpha value is -2.44. The van der Waals surface area contributed by atoms with E-state index in [1.54, 1.807) is 6.07 Å². The number of hydrogen-bond acceptors (Lipinski definition) is 4. The van der Waals surface area contributed by atoms with Gasteiger partial charge in [0.05, 0.1) is 11.5 Å². The number of rotatable bonds is 6. The summed E-state index contributed by atoms with van der Waals surface area (Å²) >= 11 is 1.34. The summed E-state index contributed by atoms with van der Waals surface area (Å²) < 4.78 is 26.2. The zero-order valence-electron chi connectivity index (χ0n) is 17.3. The molecule has 158 valence electrons. The third-order valence-electron chi connectivity index (χ3n) is 5.92. The molecule has 1 N–H and O–H groups in total. The molecule has 1 amide bonds. The van der Waals surface area contributed by atoms with E-state index in [1.165, 1.54) is 23.0 Å². The summed E-state index contributed by atoms with van der Waals surface area (Å²) in [6, 6.07) is 13.1. The van der Waals surface area contributed by atoms with Gasteiger partial charge < -0.3 is 14.8 Å². The van der Waals surface area contributed by atoms with Gasteiger partial charge in [0, 0.05) is 35.3 Å². The van der Waals surface area contributed by atoms with Gasteiger partial charge in [-0.25, -0.2) is 4.39 Å². The fourth-order valence-electron chi connectivity index (χ4n) is 4.20. The standard InChI is InChI=1S/C24H26FNO3S/c1-3-29-18-9-7-17(8-10-18)24(11-13-28-14-12-24)15-26-23(27)22-16(2)21-19(25)5-4-6-20(21)30-22/h4-10H,3,11-15H2,1-2H3,(H,26,27). The maximum Gasteiger partial charge on any atom is 0.261 e. The first kappa shape index (κ1) is 20.8. The van der Waals surface area contributed by atoms with Crippen molar-refractivity contribution in [1.29, 1.82) is 0 Å². The molecule has 4 nitrogen and oxygen atoms in total. The molecule has 0 bridgehead atoms. The molecule has 0 atom stereocenters. The zero-order valence-corrected chi connectivity index (χ0v) is 18.1. The molecule has 0 radical (unpaired) electrons. The van der Waals surface area contributed by atoms with E-state index in [0.29, 0.717) is 42.2 Å². The molecule has 1 aliphatic rings. The van der Waals surface area contributed by atoms with Gasteiger partial charge in [0.2, 0.25) is 0 Å². The summed E-state index contributed by atoms with van der Waals surface area (Å²) in [4.78, 5) is 13.6. The second kappa shape index (κ2) is 8.74. The van der Waals surface area contributed by atoms with Crippen LogP contribution in [0.1, 0.15) is 40.6 Å². The van der Waals surface area contributed by atoms with Gasteiger partial charge in [0.1, 0.15) is 11.6 Å². The van der Waals surface area contributed by atoms with Gasteiger partial charge in [0.25, 0.3) is 5.91 Å². The number of carbonyl (C=O) groups excluding carboxylic acids is 1. The van der Waals surface area contributed by atoms with Crippen LogP contribution in [0.3, 0.4) is 0 Å². The normalized spacial score (nSPS) is 15.8. The Morgan fingerprint density at radius 2 is 1.93 bits per heavy atom. The van der Waals surface area contributed by atoms with Crippen molar-refractivity contribution in [1.82, 2.24) is 5.32 Å². The molecule has 2 heterocycles. The minimum absolute atomic E-state index is 0.148. The monoisotopic (exact) mass is 427 g/mol. The molecule has 2 aromatic carbocycles. The van der Waals surface area contributed by atoms with E-state index >= 15 is 0 Å². The lowest BCUT2D eigenvalue weighted by molar-refractivity contribution is 0.0487. The molecule has 3 aromatic rings. The average molecular weight is 428 g/mol. The molecule has 0 unspecified atom stereocenters. The molecule has 1 saturated heterocycles. The fourth-order valence-corrected chi connectivity index (χ4v) is 5.34. The van der Waals surface area contributed by atoms with E-state index in [-0.39, 0.29) is 17.1 Å². The van der Waals surface area contributed by atoms with Crippen LogP contribution in [0.15, 0.2) is 42.5 Å². The number of nitrogens with one attached hydrogen (secondary N) is 1. The molecule has 0 saturated carbocycles. The zero-order chi connectivity index (χ0) is 21.1. The molecule has 1 fully saturated rings. The number of halogens is 1. The highest BCUT2D eigenvalue weighted by molar-refractivity contribution is 7.21. The number of fused-ring (bicyclic) bond motifs is 1. The molecule has 0 aliphatic carbocycles. The van der Waals surface area contributed by atoms with Crippen LogP contribution in [0.25, 0.3) is 10.1 Å². The number of benzene rings is 2. The Morgan fingerprint density at radius 3 is 2.60 bits per heavy atom. The summed E-state index contributed by atoms with van der Waals surface area (Å²) in [6.45, 7) is 6.24. The maximum absolute atomic E-state index is 14.2. The Morgan fingerprint density at radius 1 is 1.20 bits per heavy atom. The number of amides is 1. The predicted octanol–water partition coefficient (Wildman–Crippen LogP) is 5.23.